The molecule has 9 heteroatoms. The van der Waals surface area contributed by atoms with Crippen LogP contribution in [0.4, 0.5) is 5.69 Å². The highest BCUT2D eigenvalue weighted by molar-refractivity contribution is 5.99. The number of methoxy groups -OCH3 is 1. The fourth-order valence-corrected chi connectivity index (χ4v) is 5.62. The number of amides is 2. The lowest BCUT2D eigenvalue weighted by molar-refractivity contribution is -0.138. The molecule has 0 aliphatic carbocycles. The smallest absolute Gasteiger partial charge is 0.251 e. The molecular formula is C28H42N4O5. The highest BCUT2D eigenvalue weighted by atomic mass is 16.5. The minimum absolute atomic E-state index is 0.0197. The molecule has 0 radical (unpaired) electrons. The second-order valence-electron chi connectivity index (χ2n) is 11.9. The van der Waals surface area contributed by atoms with E-state index in [4.69, 9.17) is 9.47 Å². The van der Waals surface area contributed by atoms with Gasteiger partial charge >= 0.3 is 0 Å². The predicted octanol–water partition coefficient (Wildman–Crippen LogP) is 1.95. The van der Waals surface area contributed by atoms with Gasteiger partial charge in [-0.15, -0.1) is 0 Å². The number of benzene rings is 1. The maximum absolute atomic E-state index is 13.7. The van der Waals surface area contributed by atoms with Crippen LogP contribution in [-0.2, 0) is 19.1 Å². The molecule has 0 spiro atoms. The summed E-state index contributed by atoms with van der Waals surface area (Å²) in [4.78, 5) is 45.8. The number of anilines is 1. The Morgan fingerprint density at radius 1 is 1.11 bits per heavy atom. The van der Waals surface area contributed by atoms with Gasteiger partial charge in [0, 0.05) is 50.6 Å². The minimum atomic E-state index is -0.763. The quantitative estimate of drug-likeness (QED) is 0.595. The molecule has 3 aliphatic heterocycles. The van der Waals surface area contributed by atoms with Crippen molar-refractivity contribution in [2.24, 2.45) is 5.41 Å². The number of hydrogen-bond donors (Lipinski definition) is 1. The molecule has 4 rings (SSSR count). The molecule has 1 aromatic carbocycles. The zero-order valence-electron chi connectivity index (χ0n) is 23.0. The van der Waals surface area contributed by atoms with Crippen molar-refractivity contribution in [3.63, 3.8) is 0 Å². The molecule has 0 aromatic heterocycles. The summed E-state index contributed by atoms with van der Waals surface area (Å²) in [5.74, 6) is -0.688. The van der Waals surface area contributed by atoms with Crippen LogP contribution in [0.5, 0.6) is 0 Å². The highest BCUT2D eigenvalue weighted by Crippen LogP contribution is 2.31. The molecule has 3 heterocycles. The molecule has 37 heavy (non-hydrogen) atoms. The van der Waals surface area contributed by atoms with E-state index in [-0.39, 0.29) is 42.3 Å². The SMILES string of the molecule is COC1CN(C(=O)C(CC(C)(C)C)NC(=O)c2ccc(N3CCN(C(C)C)CC3)cc2)[C@@H]2C(=O)CO[C@H]12. The number of likely N-dealkylation sites (tertiary alicyclic amines) is 1. The van der Waals surface area contributed by atoms with Crippen LogP contribution in [0.3, 0.4) is 0 Å². The molecule has 3 fully saturated rings. The Bertz CT molecular complexity index is 981. The summed E-state index contributed by atoms with van der Waals surface area (Å²) in [6.45, 7) is 14.7. The lowest BCUT2D eigenvalue weighted by atomic mass is 9.87. The lowest BCUT2D eigenvalue weighted by Gasteiger charge is -2.38. The van der Waals surface area contributed by atoms with Gasteiger partial charge in [-0.05, 0) is 49.9 Å². The van der Waals surface area contributed by atoms with E-state index in [0.717, 1.165) is 31.9 Å². The minimum Gasteiger partial charge on any atom is -0.377 e. The van der Waals surface area contributed by atoms with E-state index in [2.05, 4.69) is 29.0 Å². The number of hydrogen-bond acceptors (Lipinski definition) is 7. The first-order valence-corrected chi connectivity index (χ1v) is 13.4. The Balaban J connectivity index is 1.45. The average molecular weight is 515 g/mol. The summed E-state index contributed by atoms with van der Waals surface area (Å²) in [5.41, 5.74) is 1.38. The van der Waals surface area contributed by atoms with Crippen molar-refractivity contribution in [3.8, 4) is 0 Å². The second-order valence-corrected chi connectivity index (χ2v) is 11.9. The van der Waals surface area contributed by atoms with Crippen molar-refractivity contribution in [1.82, 2.24) is 15.1 Å². The van der Waals surface area contributed by atoms with Crippen LogP contribution in [-0.4, -0.2) is 104 Å². The Labute approximate surface area is 220 Å². The number of ether oxygens (including phenoxy) is 2. The summed E-state index contributed by atoms with van der Waals surface area (Å²) in [6, 6.07) is 6.71. The van der Waals surface area contributed by atoms with Gasteiger partial charge < -0.3 is 24.6 Å². The lowest BCUT2D eigenvalue weighted by Crippen LogP contribution is -2.53. The van der Waals surface area contributed by atoms with Crippen LogP contribution < -0.4 is 10.2 Å². The number of carbonyl (C=O) groups excluding carboxylic acids is 3. The van der Waals surface area contributed by atoms with Gasteiger partial charge in [0.15, 0.2) is 5.78 Å². The molecule has 0 saturated carbocycles. The zero-order chi connectivity index (χ0) is 26.9. The fourth-order valence-electron chi connectivity index (χ4n) is 5.62. The molecule has 9 nitrogen and oxygen atoms in total. The number of rotatable bonds is 7. The van der Waals surface area contributed by atoms with Crippen LogP contribution >= 0.6 is 0 Å². The Morgan fingerprint density at radius 2 is 1.76 bits per heavy atom. The number of nitrogens with zero attached hydrogens (tertiary/aromatic N) is 3. The highest BCUT2D eigenvalue weighted by Gasteiger charge is 2.53. The van der Waals surface area contributed by atoms with Gasteiger partial charge in [-0.2, -0.15) is 0 Å². The molecule has 1 aromatic rings. The second kappa shape index (κ2) is 11.1. The first kappa shape index (κ1) is 27.5. The van der Waals surface area contributed by atoms with Gasteiger partial charge in [0.05, 0.1) is 6.54 Å². The van der Waals surface area contributed by atoms with Gasteiger partial charge in [-0.25, -0.2) is 0 Å². The molecule has 1 N–H and O–H groups in total. The predicted molar refractivity (Wildman–Crippen MR) is 142 cm³/mol. The Hall–Kier alpha value is -2.49. The monoisotopic (exact) mass is 514 g/mol. The number of carbonyl (C=O) groups is 3. The molecule has 2 unspecified atom stereocenters. The molecular weight excluding hydrogens is 472 g/mol. The van der Waals surface area contributed by atoms with E-state index in [9.17, 15) is 14.4 Å². The summed E-state index contributed by atoms with van der Waals surface area (Å²) in [5, 5.41) is 2.97. The van der Waals surface area contributed by atoms with Gasteiger partial charge in [0.2, 0.25) is 5.91 Å². The average Bonchev–Trinajstić information content (AvgIpc) is 3.42. The Morgan fingerprint density at radius 3 is 2.32 bits per heavy atom. The topological polar surface area (TPSA) is 91.4 Å². The van der Waals surface area contributed by atoms with E-state index >= 15 is 0 Å². The van der Waals surface area contributed by atoms with Crippen molar-refractivity contribution in [1.29, 1.82) is 0 Å². The third-order valence-corrected chi connectivity index (χ3v) is 7.68. The van der Waals surface area contributed by atoms with E-state index in [0.29, 0.717) is 18.0 Å². The number of ketones is 1. The summed E-state index contributed by atoms with van der Waals surface area (Å²) < 4.78 is 11.1. The van der Waals surface area contributed by atoms with E-state index < -0.39 is 18.2 Å². The van der Waals surface area contributed by atoms with E-state index in [1.54, 1.807) is 12.0 Å². The van der Waals surface area contributed by atoms with Crippen LogP contribution in [0, 0.1) is 5.41 Å². The van der Waals surface area contributed by atoms with E-state index in [1.807, 2.05) is 45.0 Å². The van der Waals surface area contributed by atoms with Crippen LogP contribution in [0.15, 0.2) is 24.3 Å². The molecule has 204 valence electrons. The van der Waals surface area contributed by atoms with Crippen molar-refractivity contribution in [2.45, 2.75) is 71.4 Å². The number of Topliss-reactive ketones (excluding diaryl/α,β-unsaturated/α-hetero) is 1. The molecule has 0 bridgehead atoms. The summed E-state index contributed by atoms with van der Waals surface area (Å²) in [6.07, 6.45) is -0.375. The first-order chi connectivity index (χ1) is 17.5. The van der Waals surface area contributed by atoms with Crippen molar-refractivity contribution in [3.05, 3.63) is 29.8 Å². The van der Waals surface area contributed by atoms with Gasteiger partial charge in [0.1, 0.15) is 30.9 Å². The number of piperazine rings is 1. The third-order valence-electron chi connectivity index (χ3n) is 7.68. The van der Waals surface area contributed by atoms with Crippen LogP contribution in [0.2, 0.25) is 0 Å². The standard InChI is InChI=1S/C28H42N4O5/c1-18(2)30-11-13-31(14-12-30)20-9-7-19(8-10-20)26(34)29-21(15-28(3,4)5)27(35)32-16-23(36-6)25-24(32)22(33)17-37-25/h7-10,18,21,23-25H,11-17H2,1-6H3,(H,29,34)/t21?,23?,24-,25-/m1/s1. The normalized spacial score (nSPS) is 25.5. The third kappa shape index (κ3) is 6.16. The van der Waals surface area contributed by atoms with E-state index in [1.165, 1.54) is 0 Å². The Kier molecular flexibility index (Phi) is 8.26. The fraction of sp³-hybridized carbons (Fsp3) is 0.679. The molecule has 4 atom stereocenters. The first-order valence-electron chi connectivity index (χ1n) is 13.4. The molecule has 3 saturated heterocycles. The summed E-state index contributed by atoms with van der Waals surface area (Å²) >= 11 is 0. The van der Waals surface area contributed by atoms with Gasteiger partial charge in [-0.3, -0.25) is 19.3 Å². The maximum Gasteiger partial charge on any atom is 0.251 e. The van der Waals surface area contributed by atoms with Gasteiger partial charge in [0.25, 0.3) is 5.91 Å². The number of fused-ring (bicyclic) bond motifs is 1. The maximum atomic E-state index is 13.7. The van der Waals surface area contributed by atoms with Crippen molar-refractivity contribution >= 4 is 23.3 Å². The molecule has 2 amide bonds. The van der Waals surface area contributed by atoms with Crippen molar-refractivity contribution < 1.29 is 23.9 Å². The van der Waals surface area contributed by atoms with Crippen molar-refractivity contribution in [2.75, 3.05) is 51.3 Å². The largest absolute Gasteiger partial charge is 0.377 e. The van der Waals surface area contributed by atoms with Gasteiger partial charge in [-0.1, -0.05) is 20.8 Å². The van der Waals surface area contributed by atoms with Crippen LogP contribution in [0.25, 0.3) is 0 Å². The molecule has 3 aliphatic rings. The van der Waals surface area contributed by atoms with Crippen LogP contribution in [0.1, 0.15) is 51.4 Å². The zero-order valence-corrected chi connectivity index (χ0v) is 23.0. The summed E-state index contributed by atoms with van der Waals surface area (Å²) in [7, 11) is 1.56. The number of nitrogens with one attached hydrogen (secondary N) is 1.